The second kappa shape index (κ2) is 8.91. The Labute approximate surface area is 161 Å². The molecule has 150 valence electrons. The topological polar surface area (TPSA) is 101 Å². The highest BCUT2D eigenvalue weighted by atomic mass is 32.2. The predicted molar refractivity (Wildman–Crippen MR) is 96.0 cm³/mol. The molecule has 28 heavy (non-hydrogen) atoms. The maximum atomic E-state index is 12.8. The second-order valence-electron chi connectivity index (χ2n) is 5.62. The van der Waals surface area contributed by atoms with Crippen LogP contribution < -0.4 is 10.9 Å². The number of methoxy groups -OCH3 is 1. The van der Waals surface area contributed by atoms with Crippen LogP contribution in [0.25, 0.3) is 0 Å². The molecule has 1 aromatic carbocycles. The lowest BCUT2D eigenvalue weighted by Crippen LogP contribution is -2.23. The number of hydrogen-bond acceptors (Lipinski definition) is 6. The Hall–Kier alpha value is -2.82. The number of H-pyrrole nitrogens is 1. The maximum absolute atomic E-state index is 12.8. The first-order valence-electron chi connectivity index (χ1n) is 7.90. The van der Waals surface area contributed by atoms with Crippen molar-refractivity contribution in [2.24, 2.45) is 0 Å². The van der Waals surface area contributed by atoms with Crippen molar-refractivity contribution in [2.75, 3.05) is 12.4 Å². The van der Waals surface area contributed by atoms with Crippen molar-refractivity contribution >= 4 is 29.3 Å². The Morgan fingerprint density at radius 1 is 1.32 bits per heavy atom. The Bertz CT molecular complexity index is 930. The van der Waals surface area contributed by atoms with Gasteiger partial charge >= 0.3 is 12.1 Å². The fourth-order valence-corrected chi connectivity index (χ4v) is 2.92. The van der Waals surface area contributed by atoms with E-state index in [1.807, 2.05) is 0 Å². The molecule has 0 aliphatic rings. The van der Waals surface area contributed by atoms with Crippen LogP contribution in [0.1, 0.15) is 18.2 Å². The van der Waals surface area contributed by atoms with E-state index in [2.05, 4.69) is 20.0 Å². The molecule has 1 aromatic heterocycles. The smallest absolute Gasteiger partial charge is 0.416 e. The van der Waals surface area contributed by atoms with Crippen molar-refractivity contribution in [3.8, 4) is 0 Å². The summed E-state index contributed by atoms with van der Waals surface area (Å²) < 4.78 is 42.8. The highest BCUT2D eigenvalue weighted by Gasteiger charge is 2.30. The normalized spacial score (nSPS) is 12.3. The quantitative estimate of drug-likeness (QED) is 0.427. The largest absolute Gasteiger partial charge is 0.469 e. The minimum atomic E-state index is -4.52. The summed E-state index contributed by atoms with van der Waals surface area (Å²) in [5.74, 6) is -1.16. The first kappa shape index (κ1) is 21.5. The van der Waals surface area contributed by atoms with E-state index >= 15 is 0 Å². The molecule has 2 N–H and O–H groups in total. The fourth-order valence-electron chi connectivity index (χ4n) is 2.09. The van der Waals surface area contributed by atoms with Gasteiger partial charge < -0.3 is 15.0 Å². The molecule has 0 fully saturated rings. The van der Waals surface area contributed by atoms with Gasteiger partial charge in [-0.1, -0.05) is 17.8 Å². The van der Waals surface area contributed by atoms with Gasteiger partial charge in [-0.3, -0.25) is 14.4 Å². The molecule has 1 amide bonds. The number of carbonyl (C=O) groups is 2. The van der Waals surface area contributed by atoms with Crippen LogP contribution >= 0.6 is 11.8 Å². The minimum Gasteiger partial charge on any atom is -0.469 e. The summed E-state index contributed by atoms with van der Waals surface area (Å²) in [4.78, 5) is 41.8. The lowest BCUT2D eigenvalue weighted by molar-refractivity contribution is -0.140. The van der Waals surface area contributed by atoms with Crippen molar-refractivity contribution in [1.82, 2.24) is 9.97 Å². The number of alkyl halides is 3. The van der Waals surface area contributed by atoms with Crippen LogP contribution in [-0.4, -0.2) is 34.2 Å². The number of esters is 1. The number of benzene rings is 1. The van der Waals surface area contributed by atoms with Crippen LogP contribution in [-0.2, 0) is 26.9 Å². The zero-order chi connectivity index (χ0) is 20.9. The molecule has 7 nitrogen and oxygen atoms in total. The Kier molecular flexibility index (Phi) is 6.84. The Morgan fingerprint density at radius 2 is 2.04 bits per heavy atom. The maximum Gasteiger partial charge on any atom is 0.416 e. The highest BCUT2D eigenvalue weighted by Crippen LogP contribution is 2.31. The van der Waals surface area contributed by atoms with Crippen LogP contribution in [0.2, 0.25) is 0 Å². The fraction of sp³-hybridized carbons (Fsp3) is 0.294. The standard InChI is InChI=1S/C17H16F3N3O4S/c1-9(15(26)21-11-5-3-4-10(6-11)17(18,19)20)28-16-22-12(7-13(24)23-16)8-14(25)27-2/h3-7,9H,8H2,1-2H3,(H,21,26)(H,22,23,24)/t9-/m1/s1. The summed E-state index contributed by atoms with van der Waals surface area (Å²) in [5.41, 5.74) is -1.23. The molecule has 0 radical (unpaired) electrons. The van der Waals surface area contributed by atoms with Gasteiger partial charge in [0, 0.05) is 11.8 Å². The number of thioether (sulfide) groups is 1. The number of carbonyl (C=O) groups excluding carboxylic acids is 2. The van der Waals surface area contributed by atoms with Gasteiger partial charge in [-0.25, -0.2) is 4.98 Å². The summed E-state index contributed by atoms with van der Waals surface area (Å²) in [6.45, 7) is 1.50. The SMILES string of the molecule is COC(=O)Cc1cc(=O)[nH]c(S[C@H](C)C(=O)Nc2cccc(C(F)(F)F)c2)n1. The summed E-state index contributed by atoms with van der Waals surface area (Å²) in [5, 5.41) is 1.70. The molecule has 2 aromatic rings. The number of anilines is 1. The monoisotopic (exact) mass is 415 g/mol. The number of amides is 1. The molecule has 2 rings (SSSR count). The average Bonchev–Trinajstić information content (AvgIpc) is 2.60. The van der Waals surface area contributed by atoms with Gasteiger partial charge in [0.15, 0.2) is 5.16 Å². The predicted octanol–water partition coefficient (Wildman–Crippen LogP) is 2.62. The van der Waals surface area contributed by atoms with Gasteiger partial charge in [0.25, 0.3) is 5.56 Å². The number of ether oxygens (including phenoxy) is 1. The molecular weight excluding hydrogens is 399 g/mol. The molecule has 0 unspecified atom stereocenters. The Balaban J connectivity index is 2.08. The Morgan fingerprint density at radius 3 is 2.68 bits per heavy atom. The highest BCUT2D eigenvalue weighted by molar-refractivity contribution is 8.00. The third-order valence-electron chi connectivity index (χ3n) is 3.44. The first-order valence-corrected chi connectivity index (χ1v) is 8.78. The van der Waals surface area contributed by atoms with Crippen molar-refractivity contribution < 1.29 is 27.5 Å². The summed E-state index contributed by atoms with van der Waals surface area (Å²) in [7, 11) is 1.20. The summed E-state index contributed by atoms with van der Waals surface area (Å²) in [6.07, 6.45) is -4.73. The molecule has 1 atom stereocenters. The number of hydrogen-bond donors (Lipinski definition) is 2. The van der Waals surface area contributed by atoms with E-state index in [0.29, 0.717) is 0 Å². The van der Waals surface area contributed by atoms with Crippen LogP contribution in [0.3, 0.4) is 0 Å². The van der Waals surface area contributed by atoms with Gasteiger partial charge in [-0.15, -0.1) is 0 Å². The van der Waals surface area contributed by atoms with Crippen LogP contribution in [0.5, 0.6) is 0 Å². The first-order chi connectivity index (χ1) is 13.1. The zero-order valence-electron chi connectivity index (χ0n) is 14.8. The van der Waals surface area contributed by atoms with Gasteiger partial charge in [-0.05, 0) is 25.1 Å². The van der Waals surface area contributed by atoms with Crippen molar-refractivity contribution in [1.29, 1.82) is 0 Å². The summed E-state index contributed by atoms with van der Waals surface area (Å²) in [6, 6.07) is 5.38. The third-order valence-corrected chi connectivity index (χ3v) is 4.43. The molecule has 0 aliphatic heterocycles. The molecule has 0 aliphatic carbocycles. The van der Waals surface area contributed by atoms with E-state index in [1.165, 1.54) is 26.2 Å². The van der Waals surface area contributed by atoms with Crippen molar-refractivity contribution in [2.45, 2.75) is 29.9 Å². The van der Waals surface area contributed by atoms with Gasteiger partial charge in [0.1, 0.15) is 0 Å². The zero-order valence-corrected chi connectivity index (χ0v) is 15.6. The number of aromatic amines is 1. The van der Waals surface area contributed by atoms with E-state index in [0.717, 1.165) is 30.0 Å². The summed E-state index contributed by atoms with van der Waals surface area (Å²) >= 11 is 0.891. The van der Waals surface area contributed by atoms with E-state index in [-0.39, 0.29) is 23.0 Å². The number of nitrogens with zero attached hydrogens (tertiary/aromatic N) is 1. The van der Waals surface area contributed by atoms with E-state index in [4.69, 9.17) is 0 Å². The van der Waals surface area contributed by atoms with Gasteiger partial charge in [0.05, 0.1) is 30.0 Å². The minimum absolute atomic E-state index is 0.00632. The molecule has 1 heterocycles. The lowest BCUT2D eigenvalue weighted by Gasteiger charge is -2.13. The van der Waals surface area contributed by atoms with Gasteiger partial charge in [0.2, 0.25) is 5.91 Å². The molecule has 0 spiro atoms. The molecular formula is C17H16F3N3O4S. The molecule has 11 heteroatoms. The third kappa shape index (κ3) is 6.12. The van der Waals surface area contributed by atoms with Crippen molar-refractivity contribution in [3.63, 3.8) is 0 Å². The lowest BCUT2D eigenvalue weighted by atomic mass is 10.2. The van der Waals surface area contributed by atoms with E-state index in [9.17, 15) is 27.6 Å². The number of halogens is 3. The molecule has 0 saturated carbocycles. The number of nitrogens with one attached hydrogen (secondary N) is 2. The van der Waals surface area contributed by atoms with Gasteiger partial charge in [-0.2, -0.15) is 13.2 Å². The number of rotatable bonds is 6. The van der Waals surface area contributed by atoms with E-state index < -0.39 is 34.4 Å². The van der Waals surface area contributed by atoms with Crippen LogP contribution in [0.4, 0.5) is 18.9 Å². The van der Waals surface area contributed by atoms with E-state index in [1.54, 1.807) is 0 Å². The molecule has 0 saturated heterocycles. The second-order valence-corrected chi connectivity index (χ2v) is 6.95. The van der Waals surface area contributed by atoms with Crippen LogP contribution in [0.15, 0.2) is 40.3 Å². The van der Waals surface area contributed by atoms with Crippen LogP contribution in [0, 0.1) is 0 Å². The number of aromatic nitrogens is 2. The average molecular weight is 415 g/mol. The molecule has 0 bridgehead atoms. The van der Waals surface area contributed by atoms with Crippen molar-refractivity contribution in [3.05, 3.63) is 51.9 Å².